The summed E-state index contributed by atoms with van der Waals surface area (Å²) in [6.07, 6.45) is 4.90. The summed E-state index contributed by atoms with van der Waals surface area (Å²) in [7, 11) is 0. The van der Waals surface area contributed by atoms with E-state index < -0.39 is 0 Å². The van der Waals surface area contributed by atoms with Crippen molar-refractivity contribution in [3.8, 4) is 44.5 Å². The summed E-state index contributed by atoms with van der Waals surface area (Å²) in [5.74, 6) is 0. The average molecular weight is 475 g/mol. The van der Waals surface area contributed by atoms with Gasteiger partial charge in [-0.25, -0.2) is 0 Å². The van der Waals surface area contributed by atoms with Crippen LogP contribution in [0.5, 0.6) is 0 Å². The van der Waals surface area contributed by atoms with Crippen LogP contribution < -0.4 is 0 Å². The lowest BCUT2D eigenvalue weighted by Crippen LogP contribution is -1.95. The molecule has 0 spiro atoms. The molecule has 0 nitrogen and oxygen atoms in total. The zero-order valence-corrected chi connectivity index (χ0v) is 21.3. The zero-order valence-electron chi connectivity index (χ0n) is 21.3. The molecule has 6 aromatic rings. The van der Waals surface area contributed by atoms with Crippen molar-refractivity contribution in [2.75, 3.05) is 0 Å². The predicted octanol–water partition coefficient (Wildman–Crippen LogP) is 10.7. The minimum atomic E-state index is 1.13. The summed E-state index contributed by atoms with van der Waals surface area (Å²) in [4.78, 5) is 0. The van der Waals surface area contributed by atoms with E-state index in [4.69, 9.17) is 0 Å². The largest absolute Gasteiger partial charge is 0.0654 e. The number of rotatable bonds is 6. The van der Waals surface area contributed by atoms with Crippen LogP contribution in [-0.2, 0) is 6.42 Å². The van der Waals surface area contributed by atoms with E-state index >= 15 is 0 Å². The van der Waals surface area contributed by atoms with E-state index in [0.29, 0.717) is 0 Å². The Morgan fingerprint density at radius 3 is 1.68 bits per heavy atom. The maximum Gasteiger partial charge on any atom is -0.000741 e. The molecule has 0 heterocycles. The summed E-state index contributed by atoms with van der Waals surface area (Å²) in [5.41, 5.74) is 12.2. The Labute approximate surface area is 219 Å². The molecule has 0 aliphatic heterocycles. The molecule has 0 heteroatoms. The minimum absolute atomic E-state index is 1.13. The lowest BCUT2D eigenvalue weighted by Gasteiger charge is -2.21. The molecule has 1 aliphatic carbocycles. The number of fused-ring (bicyclic) bond motifs is 4. The Balaban J connectivity index is 1.66. The van der Waals surface area contributed by atoms with Gasteiger partial charge in [-0.15, -0.1) is 0 Å². The molecule has 6 aromatic carbocycles. The topological polar surface area (TPSA) is 0 Å². The first kappa shape index (κ1) is 22.1. The Kier molecular flexibility index (Phi) is 5.40. The molecule has 1 aliphatic rings. The molecule has 0 radical (unpaired) electrons. The van der Waals surface area contributed by atoms with Gasteiger partial charge in [0.1, 0.15) is 0 Å². The molecule has 0 N–H and O–H groups in total. The molecule has 7 rings (SSSR count). The Morgan fingerprint density at radius 1 is 0.486 bits per heavy atom. The van der Waals surface area contributed by atoms with Crippen LogP contribution >= 0.6 is 0 Å². The first-order chi connectivity index (χ1) is 18.3. The highest BCUT2D eigenvalue weighted by Gasteiger charge is 2.30. The van der Waals surface area contributed by atoms with Crippen molar-refractivity contribution >= 4 is 21.5 Å². The van der Waals surface area contributed by atoms with Gasteiger partial charge in [-0.1, -0.05) is 135 Å². The highest BCUT2D eigenvalue weighted by molar-refractivity contribution is 6.27. The molecule has 37 heavy (non-hydrogen) atoms. The number of benzene rings is 6. The maximum atomic E-state index is 2.49. The van der Waals surface area contributed by atoms with Crippen molar-refractivity contribution in [3.05, 3.63) is 121 Å². The van der Waals surface area contributed by atoms with Crippen LogP contribution in [0.25, 0.3) is 66.1 Å². The summed E-state index contributed by atoms with van der Waals surface area (Å²) in [5, 5.41) is 5.40. The molecule has 0 saturated heterocycles. The monoisotopic (exact) mass is 474 g/mol. The van der Waals surface area contributed by atoms with Crippen LogP contribution in [0, 0.1) is 0 Å². The lowest BCUT2D eigenvalue weighted by atomic mass is 9.82. The zero-order chi connectivity index (χ0) is 24.8. The van der Waals surface area contributed by atoms with Crippen molar-refractivity contribution in [3.63, 3.8) is 0 Å². The van der Waals surface area contributed by atoms with Crippen LogP contribution in [0.1, 0.15) is 31.7 Å². The smallest absolute Gasteiger partial charge is 0.000741 e. The van der Waals surface area contributed by atoms with Crippen molar-refractivity contribution in [1.29, 1.82) is 0 Å². The summed E-state index contributed by atoms with van der Waals surface area (Å²) in [6.45, 7) is 2.28. The van der Waals surface area contributed by atoms with Gasteiger partial charge in [0.05, 0.1) is 0 Å². The summed E-state index contributed by atoms with van der Waals surface area (Å²) >= 11 is 0. The highest BCUT2D eigenvalue weighted by atomic mass is 14.3. The van der Waals surface area contributed by atoms with E-state index in [1.807, 2.05) is 0 Å². The van der Waals surface area contributed by atoms with Gasteiger partial charge in [0.15, 0.2) is 0 Å². The van der Waals surface area contributed by atoms with Crippen molar-refractivity contribution < 1.29 is 0 Å². The van der Waals surface area contributed by atoms with Gasteiger partial charge in [0.2, 0.25) is 0 Å². The number of unbranched alkanes of at least 4 members (excludes halogenated alkanes) is 2. The van der Waals surface area contributed by atoms with E-state index in [9.17, 15) is 0 Å². The predicted molar refractivity (Wildman–Crippen MR) is 160 cm³/mol. The molecule has 0 unspecified atom stereocenters. The van der Waals surface area contributed by atoms with Gasteiger partial charge >= 0.3 is 0 Å². The van der Waals surface area contributed by atoms with Crippen molar-refractivity contribution in [2.45, 2.75) is 32.6 Å². The van der Waals surface area contributed by atoms with E-state index in [1.165, 1.54) is 90.9 Å². The third kappa shape index (κ3) is 3.51. The minimum Gasteiger partial charge on any atom is -0.0654 e. The molecule has 0 amide bonds. The van der Waals surface area contributed by atoms with Gasteiger partial charge in [0.25, 0.3) is 0 Å². The van der Waals surface area contributed by atoms with Crippen LogP contribution in [0.4, 0.5) is 0 Å². The third-order valence-corrected chi connectivity index (χ3v) is 8.01. The second-order valence-electron chi connectivity index (χ2n) is 10.3. The Bertz CT molecular complexity index is 1750. The van der Waals surface area contributed by atoms with Gasteiger partial charge in [-0.2, -0.15) is 0 Å². The fraction of sp³-hybridized carbons (Fsp3) is 0.135. The van der Waals surface area contributed by atoms with Gasteiger partial charge < -0.3 is 0 Å². The van der Waals surface area contributed by atoms with E-state index in [1.54, 1.807) is 0 Å². The first-order valence-electron chi connectivity index (χ1n) is 13.6. The second kappa shape index (κ2) is 9.05. The van der Waals surface area contributed by atoms with Crippen molar-refractivity contribution in [1.82, 2.24) is 0 Å². The fourth-order valence-corrected chi connectivity index (χ4v) is 6.38. The Hall–Kier alpha value is -4.16. The third-order valence-electron chi connectivity index (χ3n) is 8.01. The highest BCUT2D eigenvalue weighted by Crippen LogP contribution is 2.57. The molecule has 0 atom stereocenters. The van der Waals surface area contributed by atoms with Gasteiger partial charge in [0, 0.05) is 0 Å². The normalized spacial score (nSPS) is 11.8. The summed E-state index contributed by atoms with van der Waals surface area (Å²) < 4.78 is 0. The quantitative estimate of drug-likeness (QED) is 0.210. The average Bonchev–Trinajstić information content (AvgIpc) is 3.28. The maximum absolute atomic E-state index is 2.49. The lowest BCUT2D eigenvalue weighted by molar-refractivity contribution is 0.718. The molecule has 0 bridgehead atoms. The number of hydrogen-bond acceptors (Lipinski definition) is 0. The number of hydrogen-bond donors (Lipinski definition) is 0. The van der Waals surface area contributed by atoms with Crippen LogP contribution in [0.2, 0.25) is 0 Å². The molecule has 0 aromatic heterocycles. The van der Waals surface area contributed by atoms with Crippen LogP contribution in [0.15, 0.2) is 115 Å². The van der Waals surface area contributed by atoms with Gasteiger partial charge in [-0.05, 0) is 84.5 Å². The van der Waals surface area contributed by atoms with E-state index in [2.05, 4.69) is 122 Å². The van der Waals surface area contributed by atoms with Gasteiger partial charge in [-0.3, -0.25) is 0 Å². The molecule has 0 saturated carbocycles. The van der Waals surface area contributed by atoms with E-state index in [0.717, 1.165) is 6.42 Å². The molecular weight excluding hydrogens is 444 g/mol. The standard InChI is InChI=1S/C37H30/c1-2-3-6-13-25-22-23-29-32(24-25)35(28-16-9-5-10-17-28)37-31-21-12-19-26-18-11-20-30(33(26)31)36(37)34(29)27-14-7-4-8-15-27/h4-5,7-12,14-24H,2-3,6,13H2,1H3. The molecular formula is C37H30. The van der Waals surface area contributed by atoms with Crippen LogP contribution in [0.3, 0.4) is 0 Å². The molecule has 178 valence electrons. The van der Waals surface area contributed by atoms with E-state index in [-0.39, 0.29) is 0 Å². The molecule has 0 fully saturated rings. The SMILES string of the molecule is CCCCCc1ccc2c(-c3ccccc3)c3c(c(-c4ccccc4)c2c1)-c1cccc2cccc-3c12. The van der Waals surface area contributed by atoms with Crippen molar-refractivity contribution in [2.24, 2.45) is 0 Å². The fourth-order valence-electron chi connectivity index (χ4n) is 6.38. The first-order valence-corrected chi connectivity index (χ1v) is 13.6. The van der Waals surface area contributed by atoms with Crippen LogP contribution in [-0.4, -0.2) is 0 Å². The summed E-state index contributed by atoms with van der Waals surface area (Å²) in [6, 6.07) is 42.9. The Morgan fingerprint density at radius 2 is 1.08 bits per heavy atom. The second-order valence-corrected chi connectivity index (χ2v) is 10.3. The number of aryl methyl sites for hydroxylation is 1.